The summed E-state index contributed by atoms with van der Waals surface area (Å²) in [6.07, 6.45) is 4.19. The van der Waals surface area contributed by atoms with Crippen LogP contribution in [0.4, 0.5) is 22.9 Å². The standard InChI is InChI=1S/C25H23ClN6O2/c1-16-23(24(31-34-16)20-6-2-3-7-21(20)26)25(33)29-18-10-8-17(9-11-18)28-22-14-19(15-27-30-22)32-12-4-5-13-32/h2-3,6-11,14-15H,4-5,12-13H2,1H3,(H,28,30)(H,29,33). The molecule has 1 aliphatic rings. The second-order valence-electron chi connectivity index (χ2n) is 8.09. The summed E-state index contributed by atoms with van der Waals surface area (Å²) in [5, 5.41) is 19.0. The molecule has 1 saturated heterocycles. The van der Waals surface area contributed by atoms with Gasteiger partial charge in [0, 0.05) is 36.1 Å². The predicted octanol–water partition coefficient (Wildman–Crippen LogP) is 5.69. The van der Waals surface area contributed by atoms with Crippen LogP contribution in [0.3, 0.4) is 0 Å². The van der Waals surface area contributed by atoms with E-state index in [1.54, 1.807) is 25.3 Å². The number of rotatable bonds is 6. The molecule has 4 aromatic rings. The lowest BCUT2D eigenvalue weighted by Crippen LogP contribution is -2.18. The average molecular weight is 475 g/mol. The molecule has 0 spiro atoms. The van der Waals surface area contributed by atoms with Gasteiger partial charge in [0.15, 0.2) is 5.82 Å². The fourth-order valence-electron chi connectivity index (χ4n) is 4.02. The topological polar surface area (TPSA) is 96.2 Å². The van der Waals surface area contributed by atoms with E-state index in [4.69, 9.17) is 16.1 Å². The Hall–Kier alpha value is -3.91. The lowest BCUT2D eigenvalue weighted by Gasteiger charge is -2.17. The van der Waals surface area contributed by atoms with Crippen LogP contribution >= 0.6 is 11.6 Å². The summed E-state index contributed by atoms with van der Waals surface area (Å²) in [6.45, 7) is 3.79. The van der Waals surface area contributed by atoms with E-state index >= 15 is 0 Å². The second kappa shape index (κ2) is 9.52. The van der Waals surface area contributed by atoms with E-state index < -0.39 is 0 Å². The van der Waals surface area contributed by atoms with Crippen LogP contribution in [0.2, 0.25) is 5.02 Å². The minimum absolute atomic E-state index is 0.321. The zero-order valence-electron chi connectivity index (χ0n) is 18.6. The molecule has 2 aromatic heterocycles. The highest BCUT2D eigenvalue weighted by atomic mass is 35.5. The first-order chi connectivity index (χ1) is 16.6. The predicted molar refractivity (Wildman–Crippen MR) is 133 cm³/mol. The Balaban J connectivity index is 1.29. The number of nitrogens with zero attached hydrogens (tertiary/aromatic N) is 4. The maximum absolute atomic E-state index is 13.0. The summed E-state index contributed by atoms with van der Waals surface area (Å²) in [5.74, 6) is 0.770. The SMILES string of the molecule is Cc1onc(-c2ccccc2Cl)c1C(=O)Nc1ccc(Nc2cc(N3CCCC3)cnn2)cc1. The number of benzene rings is 2. The van der Waals surface area contributed by atoms with Crippen molar-refractivity contribution in [2.45, 2.75) is 19.8 Å². The van der Waals surface area contributed by atoms with Crippen LogP contribution in [0, 0.1) is 6.92 Å². The van der Waals surface area contributed by atoms with Crippen molar-refractivity contribution in [2.75, 3.05) is 28.6 Å². The van der Waals surface area contributed by atoms with Crippen molar-refractivity contribution < 1.29 is 9.32 Å². The molecule has 0 atom stereocenters. The van der Waals surface area contributed by atoms with E-state index in [-0.39, 0.29) is 5.91 Å². The van der Waals surface area contributed by atoms with Crippen LogP contribution in [-0.4, -0.2) is 34.4 Å². The zero-order valence-corrected chi connectivity index (χ0v) is 19.3. The third-order valence-corrected chi connectivity index (χ3v) is 6.07. The van der Waals surface area contributed by atoms with E-state index in [0.29, 0.717) is 39.1 Å². The minimum atomic E-state index is -0.321. The van der Waals surface area contributed by atoms with E-state index in [2.05, 4.69) is 30.9 Å². The Morgan fingerprint density at radius 2 is 1.79 bits per heavy atom. The number of carbonyl (C=O) groups is 1. The molecule has 8 nitrogen and oxygen atoms in total. The van der Waals surface area contributed by atoms with Crippen molar-refractivity contribution in [2.24, 2.45) is 0 Å². The summed E-state index contributed by atoms with van der Waals surface area (Å²) < 4.78 is 5.30. The molecule has 5 rings (SSSR count). The highest BCUT2D eigenvalue weighted by Crippen LogP contribution is 2.31. The number of aromatic nitrogens is 3. The molecule has 2 N–H and O–H groups in total. The van der Waals surface area contributed by atoms with Crippen molar-refractivity contribution in [3.63, 3.8) is 0 Å². The quantitative estimate of drug-likeness (QED) is 0.370. The molecule has 2 aromatic carbocycles. The summed E-state index contributed by atoms with van der Waals surface area (Å²) in [7, 11) is 0. The molecule has 1 fully saturated rings. The smallest absolute Gasteiger partial charge is 0.261 e. The molecule has 34 heavy (non-hydrogen) atoms. The molecule has 3 heterocycles. The van der Waals surface area contributed by atoms with Gasteiger partial charge in [-0.2, -0.15) is 5.10 Å². The Bertz CT molecular complexity index is 1320. The third kappa shape index (κ3) is 4.58. The van der Waals surface area contributed by atoms with Crippen LogP contribution < -0.4 is 15.5 Å². The van der Waals surface area contributed by atoms with E-state index in [1.165, 1.54) is 12.8 Å². The Morgan fingerprint density at radius 1 is 1.06 bits per heavy atom. The number of amides is 1. The summed E-state index contributed by atoms with van der Waals surface area (Å²) >= 11 is 6.30. The van der Waals surface area contributed by atoms with E-state index in [1.807, 2.05) is 42.5 Å². The summed E-state index contributed by atoms with van der Waals surface area (Å²) in [6, 6.07) is 16.6. The number of anilines is 4. The van der Waals surface area contributed by atoms with Gasteiger partial charge in [0.1, 0.15) is 17.0 Å². The van der Waals surface area contributed by atoms with E-state index in [9.17, 15) is 4.79 Å². The second-order valence-corrected chi connectivity index (χ2v) is 8.50. The molecule has 0 unspecified atom stereocenters. The maximum Gasteiger partial charge on any atom is 0.261 e. The fourth-order valence-corrected chi connectivity index (χ4v) is 4.25. The first kappa shape index (κ1) is 21.9. The minimum Gasteiger partial charge on any atom is -0.370 e. The van der Waals surface area contributed by atoms with Crippen LogP contribution in [0.5, 0.6) is 0 Å². The summed E-state index contributed by atoms with van der Waals surface area (Å²) in [4.78, 5) is 15.4. The fraction of sp³-hybridized carbons (Fsp3) is 0.200. The number of hydrogen-bond donors (Lipinski definition) is 2. The van der Waals surface area contributed by atoms with Gasteiger partial charge in [-0.3, -0.25) is 4.79 Å². The molecule has 0 radical (unpaired) electrons. The number of halogens is 1. The number of aryl methyl sites for hydroxylation is 1. The molecule has 9 heteroatoms. The Kier molecular flexibility index (Phi) is 6.14. The molecule has 0 bridgehead atoms. The lowest BCUT2D eigenvalue weighted by molar-refractivity contribution is 0.102. The third-order valence-electron chi connectivity index (χ3n) is 5.75. The van der Waals surface area contributed by atoms with Crippen LogP contribution in [0.1, 0.15) is 29.0 Å². The molecule has 0 aliphatic carbocycles. The number of hydrogen-bond acceptors (Lipinski definition) is 7. The largest absolute Gasteiger partial charge is 0.370 e. The van der Waals surface area contributed by atoms with Gasteiger partial charge in [-0.15, -0.1) is 5.10 Å². The molecular formula is C25H23ClN6O2. The van der Waals surface area contributed by atoms with Crippen molar-refractivity contribution in [1.29, 1.82) is 0 Å². The van der Waals surface area contributed by atoms with Crippen molar-refractivity contribution in [3.8, 4) is 11.3 Å². The zero-order chi connectivity index (χ0) is 23.5. The molecular weight excluding hydrogens is 452 g/mol. The highest BCUT2D eigenvalue weighted by Gasteiger charge is 2.23. The first-order valence-corrected chi connectivity index (χ1v) is 11.4. The number of nitrogens with one attached hydrogen (secondary N) is 2. The summed E-state index contributed by atoms with van der Waals surface area (Å²) in [5.41, 5.74) is 3.95. The molecule has 1 amide bonds. The van der Waals surface area contributed by atoms with Gasteiger partial charge >= 0.3 is 0 Å². The van der Waals surface area contributed by atoms with Crippen molar-refractivity contribution in [1.82, 2.24) is 15.4 Å². The van der Waals surface area contributed by atoms with Crippen LogP contribution in [0.25, 0.3) is 11.3 Å². The van der Waals surface area contributed by atoms with Gasteiger partial charge in [0.05, 0.1) is 16.9 Å². The Labute approximate surface area is 201 Å². The first-order valence-electron chi connectivity index (χ1n) is 11.1. The van der Waals surface area contributed by atoms with Gasteiger partial charge in [-0.05, 0) is 50.1 Å². The van der Waals surface area contributed by atoms with Gasteiger partial charge in [-0.1, -0.05) is 35.0 Å². The van der Waals surface area contributed by atoms with Crippen LogP contribution in [-0.2, 0) is 0 Å². The van der Waals surface area contributed by atoms with Gasteiger partial charge < -0.3 is 20.1 Å². The monoisotopic (exact) mass is 474 g/mol. The maximum atomic E-state index is 13.0. The Morgan fingerprint density at radius 3 is 2.56 bits per heavy atom. The lowest BCUT2D eigenvalue weighted by atomic mass is 10.1. The van der Waals surface area contributed by atoms with Crippen molar-refractivity contribution >= 4 is 40.4 Å². The van der Waals surface area contributed by atoms with Crippen LogP contribution in [0.15, 0.2) is 65.3 Å². The highest BCUT2D eigenvalue weighted by molar-refractivity contribution is 6.33. The molecule has 172 valence electrons. The van der Waals surface area contributed by atoms with Crippen molar-refractivity contribution in [3.05, 3.63) is 77.1 Å². The molecule has 0 saturated carbocycles. The van der Waals surface area contributed by atoms with Gasteiger partial charge in [0.25, 0.3) is 5.91 Å². The number of carbonyl (C=O) groups excluding carboxylic acids is 1. The normalized spacial score (nSPS) is 13.2. The van der Waals surface area contributed by atoms with Gasteiger partial charge in [-0.25, -0.2) is 0 Å². The molecule has 1 aliphatic heterocycles. The van der Waals surface area contributed by atoms with E-state index in [0.717, 1.165) is 24.5 Å². The average Bonchev–Trinajstić information content (AvgIpc) is 3.51. The van der Waals surface area contributed by atoms with Gasteiger partial charge in [0.2, 0.25) is 0 Å².